The van der Waals surface area contributed by atoms with E-state index in [0.717, 1.165) is 11.1 Å². The van der Waals surface area contributed by atoms with Gasteiger partial charge < -0.3 is 9.72 Å². The maximum atomic E-state index is 12.5. The Labute approximate surface area is 147 Å². The summed E-state index contributed by atoms with van der Waals surface area (Å²) in [5.41, 5.74) is 2.28. The molecule has 128 valence electrons. The Bertz CT molecular complexity index is 734. The van der Waals surface area contributed by atoms with E-state index in [0.29, 0.717) is 19.0 Å². The van der Waals surface area contributed by atoms with Gasteiger partial charge in [-0.3, -0.25) is 4.90 Å². The summed E-state index contributed by atoms with van der Waals surface area (Å²) < 4.78 is 5.23. The van der Waals surface area contributed by atoms with E-state index in [1.165, 1.54) is 0 Å². The molecule has 3 rings (SSSR count). The largest absolute Gasteiger partial charge is 0.449 e. The van der Waals surface area contributed by atoms with E-state index in [1.54, 1.807) is 24.3 Å². The highest BCUT2D eigenvalue weighted by atomic mass is 16.6. The van der Waals surface area contributed by atoms with Crippen LogP contribution in [0.3, 0.4) is 0 Å². The molecule has 1 N–H and O–H groups in total. The predicted octanol–water partition coefficient (Wildman–Crippen LogP) is 4.20. The van der Waals surface area contributed by atoms with Crippen LogP contribution in [0.25, 0.3) is 0 Å². The van der Waals surface area contributed by atoms with E-state index >= 15 is 0 Å². The number of anilines is 1. The number of carbonyl (C=O) groups excluding carboxylic acids is 1. The molecule has 5 nitrogen and oxygen atoms in total. The number of nitrogens with zero attached hydrogens (tertiary/aromatic N) is 2. The molecule has 0 saturated heterocycles. The fraction of sp³-hybridized carbons (Fsp3) is 0.200. The molecule has 0 unspecified atom stereocenters. The number of H-pyrrole nitrogens is 1. The van der Waals surface area contributed by atoms with Crippen LogP contribution in [0.1, 0.15) is 24.0 Å². The van der Waals surface area contributed by atoms with E-state index in [-0.39, 0.29) is 5.92 Å². The highest BCUT2D eigenvalue weighted by Crippen LogP contribution is 2.27. The smallest absolute Gasteiger partial charge is 0.415 e. The molecule has 0 saturated carbocycles. The van der Waals surface area contributed by atoms with Crippen LogP contribution >= 0.6 is 0 Å². The number of carbonyl (C=O) groups is 1. The second-order valence-electron chi connectivity index (χ2n) is 5.61. The van der Waals surface area contributed by atoms with Crippen molar-refractivity contribution in [1.29, 1.82) is 0 Å². The fourth-order valence-corrected chi connectivity index (χ4v) is 2.82. The minimum absolute atomic E-state index is 0.0171. The summed E-state index contributed by atoms with van der Waals surface area (Å²) in [7, 11) is 0. The van der Waals surface area contributed by atoms with Gasteiger partial charge in [0.05, 0.1) is 12.9 Å². The van der Waals surface area contributed by atoms with Gasteiger partial charge in [0.2, 0.25) is 0 Å². The molecule has 0 aliphatic heterocycles. The monoisotopic (exact) mass is 335 g/mol. The van der Waals surface area contributed by atoms with Gasteiger partial charge in [0, 0.05) is 18.7 Å². The number of aromatic amines is 1. The van der Waals surface area contributed by atoms with Crippen LogP contribution in [0, 0.1) is 0 Å². The maximum absolute atomic E-state index is 12.5. The molecule has 0 bridgehead atoms. The Morgan fingerprint density at radius 2 is 1.68 bits per heavy atom. The van der Waals surface area contributed by atoms with Crippen LogP contribution in [0.15, 0.2) is 73.2 Å². The number of benzene rings is 2. The Balaban J connectivity index is 1.96. The molecule has 2 aromatic carbocycles. The third-order valence-corrected chi connectivity index (χ3v) is 4.02. The van der Waals surface area contributed by atoms with Gasteiger partial charge in [-0.2, -0.15) is 0 Å². The standard InChI is InChI=1S/C20H21N3O2/c1-2-25-20(24)23(19-13-21-15-22-19)14-18(16-9-5-3-6-10-16)17-11-7-4-8-12-17/h3-13,15,18H,2,14H2,1H3,(H,21,22). The number of hydrogen-bond donors (Lipinski definition) is 1. The van der Waals surface area contributed by atoms with Crippen LogP contribution in [0.4, 0.5) is 10.6 Å². The number of rotatable bonds is 6. The molecule has 1 heterocycles. The van der Waals surface area contributed by atoms with E-state index in [1.807, 2.05) is 36.4 Å². The zero-order valence-corrected chi connectivity index (χ0v) is 14.1. The average Bonchev–Trinajstić information content (AvgIpc) is 3.18. The number of hydrogen-bond acceptors (Lipinski definition) is 3. The van der Waals surface area contributed by atoms with Crippen molar-refractivity contribution < 1.29 is 9.53 Å². The SMILES string of the molecule is CCOC(=O)N(CC(c1ccccc1)c1ccccc1)c1c[nH]cn1. The minimum atomic E-state index is -0.397. The zero-order valence-electron chi connectivity index (χ0n) is 14.1. The summed E-state index contributed by atoms with van der Waals surface area (Å²) in [6.45, 7) is 2.56. The molecular formula is C20H21N3O2. The van der Waals surface area contributed by atoms with Crippen molar-refractivity contribution in [3.05, 3.63) is 84.3 Å². The highest BCUT2D eigenvalue weighted by molar-refractivity contribution is 5.86. The quantitative estimate of drug-likeness (QED) is 0.734. The van der Waals surface area contributed by atoms with Gasteiger partial charge in [0.1, 0.15) is 0 Å². The zero-order chi connectivity index (χ0) is 17.5. The first-order valence-corrected chi connectivity index (χ1v) is 8.32. The van der Waals surface area contributed by atoms with E-state index in [2.05, 4.69) is 34.2 Å². The van der Waals surface area contributed by atoms with E-state index in [4.69, 9.17) is 4.74 Å². The first-order chi connectivity index (χ1) is 12.3. The van der Waals surface area contributed by atoms with Crippen LogP contribution < -0.4 is 4.90 Å². The summed E-state index contributed by atoms with van der Waals surface area (Å²) in [4.78, 5) is 21.2. The van der Waals surface area contributed by atoms with Crippen LogP contribution in [-0.2, 0) is 4.74 Å². The van der Waals surface area contributed by atoms with Crippen molar-refractivity contribution in [2.75, 3.05) is 18.1 Å². The van der Waals surface area contributed by atoms with Gasteiger partial charge in [0.15, 0.2) is 5.82 Å². The van der Waals surface area contributed by atoms with Gasteiger partial charge in [-0.15, -0.1) is 0 Å². The van der Waals surface area contributed by atoms with E-state index in [9.17, 15) is 4.79 Å². The second kappa shape index (κ2) is 8.15. The maximum Gasteiger partial charge on any atom is 0.415 e. The Morgan fingerprint density at radius 1 is 1.08 bits per heavy atom. The normalized spacial score (nSPS) is 10.6. The lowest BCUT2D eigenvalue weighted by Gasteiger charge is -2.26. The number of imidazole rings is 1. The number of ether oxygens (including phenoxy) is 1. The fourth-order valence-electron chi connectivity index (χ4n) is 2.82. The van der Waals surface area contributed by atoms with Crippen molar-refractivity contribution in [2.45, 2.75) is 12.8 Å². The summed E-state index contributed by atoms with van der Waals surface area (Å²) in [6.07, 6.45) is 2.86. The third-order valence-electron chi connectivity index (χ3n) is 4.02. The molecule has 0 aliphatic carbocycles. The van der Waals surface area contributed by atoms with Gasteiger partial charge in [-0.25, -0.2) is 9.78 Å². The van der Waals surface area contributed by atoms with Gasteiger partial charge in [-0.1, -0.05) is 60.7 Å². The molecule has 1 aromatic heterocycles. The number of nitrogens with one attached hydrogen (secondary N) is 1. The Kier molecular flexibility index (Phi) is 5.46. The number of amides is 1. The summed E-state index contributed by atoms with van der Waals surface area (Å²) in [5.74, 6) is 0.568. The van der Waals surface area contributed by atoms with Crippen molar-refractivity contribution in [2.24, 2.45) is 0 Å². The van der Waals surface area contributed by atoms with Crippen molar-refractivity contribution >= 4 is 11.9 Å². The topological polar surface area (TPSA) is 58.2 Å². The lowest BCUT2D eigenvalue weighted by molar-refractivity contribution is 0.159. The molecule has 0 radical (unpaired) electrons. The summed E-state index contributed by atoms with van der Waals surface area (Å²) >= 11 is 0. The first kappa shape index (κ1) is 16.8. The molecule has 5 heteroatoms. The van der Waals surface area contributed by atoms with Crippen molar-refractivity contribution in [3.8, 4) is 0 Å². The van der Waals surface area contributed by atoms with Gasteiger partial charge in [-0.05, 0) is 18.1 Å². The summed E-state index contributed by atoms with van der Waals surface area (Å²) in [6, 6.07) is 20.3. The molecule has 0 atom stereocenters. The highest BCUT2D eigenvalue weighted by Gasteiger charge is 2.25. The Morgan fingerprint density at radius 3 is 2.16 bits per heavy atom. The van der Waals surface area contributed by atoms with E-state index < -0.39 is 6.09 Å². The molecule has 0 fully saturated rings. The molecule has 0 spiro atoms. The second-order valence-corrected chi connectivity index (χ2v) is 5.61. The minimum Gasteiger partial charge on any atom is -0.449 e. The van der Waals surface area contributed by atoms with Crippen LogP contribution in [-0.4, -0.2) is 29.2 Å². The molecule has 1 amide bonds. The number of aromatic nitrogens is 2. The first-order valence-electron chi connectivity index (χ1n) is 8.32. The molecule has 3 aromatic rings. The molecule has 25 heavy (non-hydrogen) atoms. The molecular weight excluding hydrogens is 314 g/mol. The van der Waals surface area contributed by atoms with Crippen molar-refractivity contribution in [1.82, 2.24) is 9.97 Å². The van der Waals surface area contributed by atoms with Gasteiger partial charge in [0.25, 0.3) is 0 Å². The lowest BCUT2D eigenvalue weighted by Crippen LogP contribution is -2.36. The lowest BCUT2D eigenvalue weighted by atomic mass is 9.91. The predicted molar refractivity (Wildman–Crippen MR) is 97.7 cm³/mol. The summed E-state index contributed by atoms with van der Waals surface area (Å²) in [5, 5.41) is 0. The Hall–Kier alpha value is -3.08. The van der Waals surface area contributed by atoms with Crippen LogP contribution in [0.5, 0.6) is 0 Å². The average molecular weight is 335 g/mol. The van der Waals surface area contributed by atoms with Gasteiger partial charge >= 0.3 is 6.09 Å². The van der Waals surface area contributed by atoms with Crippen LogP contribution in [0.2, 0.25) is 0 Å². The molecule has 0 aliphatic rings. The third kappa shape index (κ3) is 4.07. The van der Waals surface area contributed by atoms with Crippen molar-refractivity contribution in [3.63, 3.8) is 0 Å².